The maximum absolute atomic E-state index is 9.69. The van der Waals surface area contributed by atoms with Gasteiger partial charge in [-0.25, -0.2) is 0 Å². The van der Waals surface area contributed by atoms with Crippen molar-refractivity contribution in [1.29, 1.82) is 0 Å². The molecule has 0 saturated heterocycles. The van der Waals surface area contributed by atoms with Crippen LogP contribution in [0.2, 0.25) is 0 Å². The predicted molar refractivity (Wildman–Crippen MR) is 123 cm³/mol. The SMILES string of the molecule is CC(O)CO.CCCCC(O)c1ccccc1.CCCCc1cccc(OC)c1O. The van der Waals surface area contributed by atoms with Crippen LogP contribution in [0.25, 0.3) is 0 Å². The first-order valence-corrected chi connectivity index (χ1v) is 10.8. The number of para-hydroxylation sites is 1. The highest BCUT2D eigenvalue weighted by atomic mass is 16.5. The Morgan fingerprint density at radius 3 is 2.00 bits per heavy atom. The molecule has 0 fully saturated rings. The van der Waals surface area contributed by atoms with Gasteiger partial charge in [-0.3, -0.25) is 0 Å². The summed E-state index contributed by atoms with van der Waals surface area (Å²) >= 11 is 0. The Morgan fingerprint density at radius 2 is 1.50 bits per heavy atom. The number of unbranched alkanes of at least 4 members (excludes halogenated alkanes) is 2. The highest BCUT2D eigenvalue weighted by Crippen LogP contribution is 2.30. The van der Waals surface area contributed by atoms with Crippen LogP contribution in [0.1, 0.15) is 70.1 Å². The monoisotopic (exact) mass is 420 g/mol. The van der Waals surface area contributed by atoms with E-state index in [-0.39, 0.29) is 12.7 Å². The van der Waals surface area contributed by atoms with Gasteiger partial charge in [0.1, 0.15) is 0 Å². The molecule has 0 aliphatic heterocycles. The standard InChI is InChI=1S/C11H16O2.C11H16O.C3H8O2/c1-3-4-6-9-7-5-8-10(13-2)11(9)12;1-2-3-9-11(12)10-7-5-4-6-8-10;1-3(5)2-4/h5,7-8,12H,3-4,6H2,1-2H3;4-8,11-12H,2-3,9H2,1H3;3-5H,2H2,1H3. The van der Waals surface area contributed by atoms with Gasteiger partial charge in [0.15, 0.2) is 11.5 Å². The fraction of sp³-hybridized carbons (Fsp3) is 0.520. The molecule has 0 aromatic heterocycles. The molecule has 0 heterocycles. The molecular formula is C25H40O5. The third-order valence-corrected chi connectivity index (χ3v) is 4.38. The van der Waals surface area contributed by atoms with E-state index in [1.165, 1.54) is 6.92 Å². The first kappa shape index (κ1) is 27.9. The van der Waals surface area contributed by atoms with Crippen LogP contribution in [-0.4, -0.2) is 40.2 Å². The second-order valence-electron chi connectivity index (χ2n) is 7.17. The van der Waals surface area contributed by atoms with Crippen molar-refractivity contribution in [3.8, 4) is 11.5 Å². The minimum Gasteiger partial charge on any atom is -0.504 e. The zero-order chi connectivity index (χ0) is 22.8. The first-order valence-electron chi connectivity index (χ1n) is 10.8. The molecule has 2 aromatic carbocycles. The molecule has 4 N–H and O–H groups in total. The lowest BCUT2D eigenvalue weighted by Gasteiger charge is -2.09. The van der Waals surface area contributed by atoms with Gasteiger partial charge < -0.3 is 25.2 Å². The Kier molecular flexibility index (Phi) is 16.5. The molecule has 30 heavy (non-hydrogen) atoms. The number of rotatable bonds is 9. The van der Waals surface area contributed by atoms with Crippen LogP contribution in [0.4, 0.5) is 0 Å². The third-order valence-electron chi connectivity index (χ3n) is 4.38. The molecule has 0 spiro atoms. The molecule has 0 saturated carbocycles. The molecular weight excluding hydrogens is 380 g/mol. The molecule has 5 nitrogen and oxygen atoms in total. The van der Waals surface area contributed by atoms with E-state index in [9.17, 15) is 10.2 Å². The highest BCUT2D eigenvalue weighted by molar-refractivity contribution is 5.45. The summed E-state index contributed by atoms with van der Waals surface area (Å²) in [5, 5.41) is 35.3. The number of hydrogen-bond donors (Lipinski definition) is 4. The highest BCUT2D eigenvalue weighted by Gasteiger charge is 2.06. The number of benzene rings is 2. The topological polar surface area (TPSA) is 90.2 Å². The van der Waals surface area contributed by atoms with Crippen LogP contribution in [-0.2, 0) is 6.42 Å². The lowest BCUT2D eigenvalue weighted by atomic mass is 10.0. The number of methoxy groups -OCH3 is 1. The lowest BCUT2D eigenvalue weighted by Crippen LogP contribution is -2.03. The Bertz CT molecular complexity index is 643. The summed E-state index contributed by atoms with van der Waals surface area (Å²) in [6.07, 6.45) is 5.43. The quantitative estimate of drug-likeness (QED) is 0.458. The smallest absolute Gasteiger partial charge is 0.160 e. The second-order valence-corrected chi connectivity index (χ2v) is 7.17. The number of phenols is 1. The van der Waals surface area contributed by atoms with E-state index in [2.05, 4.69) is 13.8 Å². The summed E-state index contributed by atoms with van der Waals surface area (Å²) in [5.41, 5.74) is 2.01. The van der Waals surface area contributed by atoms with Crippen LogP contribution >= 0.6 is 0 Å². The molecule has 0 amide bonds. The number of phenolic OH excluding ortho intramolecular Hbond substituents is 1. The summed E-state index contributed by atoms with van der Waals surface area (Å²) in [6.45, 7) is 5.66. The normalized spacial score (nSPS) is 12.0. The van der Waals surface area contributed by atoms with Gasteiger partial charge >= 0.3 is 0 Å². The van der Waals surface area contributed by atoms with Gasteiger partial charge in [0.2, 0.25) is 0 Å². The van der Waals surface area contributed by atoms with E-state index in [0.717, 1.165) is 49.7 Å². The summed E-state index contributed by atoms with van der Waals surface area (Å²) < 4.78 is 5.02. The van der Waals surface area contributed by atoms with Crippen molar-refractivity contribution in [2.45, 2.75) is 71.5 Å². The van der Waals surface area contributed by atoms with Gasteiger partial charge in [0, 0.05) is 0 Å². The van der Waals surface area contributed by atoms with Crippen LogP contribution in [0.3, 0.4) is 0 Å². The average molecular weight is 421 g/mol. The predicted octanol–water partition coefficient (Wildman–Crippen LogP) is 5.01. The van der Waals surface area contributed by atoms with Crippen molar-refractivity contribution in [2.24, 2.45) is 0 Å². The largest absolute Gasteiger partial charge is 0.504 e. The van der Waals surface area contributed by atoms with Gasteiger partial charge in [-0.1, -0.05) is 75.6 Å². The Morgan fingerprint density at radius 1 is 0.900 bits per heavy atom. The van der Waals surface area contributed by atoms with Crippen molar-refractivity contribution < 1.29 is 25.2 Å². The van der Waals surface area contributed by atoms with Crippen LogP contribution in [0.15, 0.2) is 48.5 Å². The number of ether oxygens (including phenoxy) is 1. The summed E-state index contributed by atoms with van der Waals surface area (Å²) in [5.74, 6) is 0.854. The number of aromatic hydroxyl groups is 1. The van der Waals surface area contributed by atoms with Crippen LogP contribution < -0.4 is 4.74 Å². The molecule has 5 heteroatoms. The third kappa shape index (κ3) is 12.5. The molecule has 2 unspecified atom stereocenters. The van der Waals surface area contributed by atoms with E-state index >= 15 is 0 Å². The fourth-order valence-electron chi connectivity index (χ4n) is 2.54. The number of hydrogen-bond acceptors (Lipinski definition) is 5. The van der Waals surface area contributed by atoms with Crippen molar-refractivity contribution in [2.75, 3.05) is 13.7 Å². The molecule has 2 atom stereocenters. The van der Waals surface area contributed by atoms with Crippen LogP contribution in [0.5, 0.6) is 11.5 Å². The van der Waals surface area contributed by atoms with Crippen molar-refractivity contribution in [1.82, 2.24) is 0 Å². The molecule has 170 valence electrons. The van der Waals surface area contributed by atoms with Gasteiger partial charge in [-0.2, -0.15) is 0 Å². The molecule has 2 rings (SSSR count). The summed E-state index contributed by atoms with van der Waals surface area (Å²) in [7, 11) is 1.57. The van der Waals surface area contributed by atoms with E-state index in [1.807, 2.05) is 42.5 Å². The van der Waals surface area contributed by atoms with E-state index < -0.39 is 6.10 Å². The maximum atomic E-state index is 9.69. The zero-order valence-corrected chi connectivity index (χ0v) is 18.9. The second kappa shape index (κ2) is 17.8. The van der Waals surface area contributed by atoms with E-state index in [1.54, 1.807) is 13.2 Å². The Hall–Kier alpha value is -2.08. The number of aliphatic hydroxyl groups is 3. The molecule has 2 aromatic rings. The zero-order valence-electron chi connectivity index (χ0n) is 18.9. The van der Waals surface area contributed by atoms with Crippen molar-refractivity contribution in [3.63, 3.8) is 0 Å². The summed E-state index contributed by atoms with van der Waals surface area (Å²) in [6, 6.07) is 15.5. The maximum Gasteiger partial charge on any atom is 0.160 e. The number of aliphatic hydroxyl groups excluding tert-OH is 3. The minimum atomic E-state index is -0.560. The Labute approximate surface area is 182 Å². The number of aryl methyl sites for hydroxylation is 1. The first-order chi connectivity index (χ1) is 14.4. The molecule has 0 aliphatic rings. The van der Waals surface area contributed by atoms with Crippen molar-refractivity contribution in [3.05, 3.63) is 59.7 Å². The average Bonchev–Trinajstić information content (AvgIpc) is 2.78. The van der Waals surface area contributed by atoms with E-state index in [4.69, 9.17) is 14.9 Å². The fourth-order valence-corrected chi connectivity index (χ4v) is 2.54. The van der Waals surface area contributed by atoms with Gasteiger partial charge in [0.05, 0.1) is 25.9 Å². The molecule has 0 aliphatic carbocycles. The van der Waals surface area contributed by atoms with Crippen LogP contribution in [0, 0.1) is 0 Å². The van der Waals surface area contributed by atoms with Gasteiger partial charge in [-0.05, 0) is 43.4 Å². The van der Waals surface area contributed by atoms with Gasteiger partial charge in [0.25, 0.3) is 0 Å². The Balaban J connectivity index is 0.000000461. The lowest BCUT2D eigenvalue weighted by molar-refractivity contribution is 0.110. The molecule has 0 bridgehead atoms. The molecule has 0 radical (unpaired) electrons. The van der Waals surface area contributed by atoms with E-state index in [0.29, 0.717) is 11.5 Å². The van der Waals surface area contributed by atoms with Gasteiger partial charge in [-0.15, -0.1) is 0 Å². The minimum absolute atomic E-state index is 0.139. The van der Waals surface area contributed by atoms with Crippen molar-refractivity contribution >= 4 is 0 Å². The summed E-state index contributed by atoms with van der Waals surface area (Å²) in [4.78, 5) is 0.